The summed E-state index contributed by atoms with van der Waals surface area (Å²) in [6.45, 7) is 1.79. The number of hydrogen-bond donors (Lipinski definition) is 1. The average molecular weight is 323 g/mol. The van der Waals surface area contributed by atoms with Crippen molar-refractivity contribution >= 4 is 52.4 Å². The summed E-state index contributed by atoms with van der Waals surface area (Å²) < 4.78 is 0. The Hall–Kier alpha value is -0.740. The molecule has 2 rings (SSSR count). The van der Waals surface area contributed by atoms with E-state index in [1.54, 1.807) is 13.0 Å². The van der Waals surface area contributed by atoms with Gasteiger partial charge in [0.05, 0.1) is 25.8 Å². The van der Waals surface area contributed by atoms with Crippen LogP contribution in [0, 0.1) is 6.92 Å². The van der Waals surface area contributed by atoms with Crippen molar-refractivity contribution in [3.63, 3.8) is 0 Å². The predicted octanol–water partition coefficient (Wildman–Crippen LogP) is 4.65. The average Bonchev–Trinajstić information content (AvgIpc) is 2.25. The topological polar surface area (TPSA) is 51.8 Å². The highest BCUT2D eigenvalue weighted by molar-refractivity contribution is 6.50. The monoisotopic (exact) mass is 321 g/mol. The van der Waals surface area contributed by atoms with Gasteiger partial charge in [0.15, 0.2) is 0 Å². The van der Waals surface area contributed by atoms with Gasteiger partial charge in [0.1, 0.15) is 0 Å². The van der Waals surface area contributed by atoms with E-state index in [0.717, 1.165) is 0 Å². The van der Waals surface area contributed by atoms with Crippen LogP contribution in [0.15, 0.2) is 12.1 Å². The Balaban J connectivity index is 2.78. The van der Waals surface area contributed by atoms with E-state index in [4.69, 9.17) is 52.1 Å². The van der Waals surface area contributed by atoms with Crippen LogP contribution in [0.2, 0.25) is 20.1 Å². The van der Waals surface area contributed by atoms with Crippen LogP contribution in [0.1, 0.15) is 5.69 Å². The zero-order chi connectivity index (χ0) is 13.4. The summed E-state index contributed by atoms with van der Waals surface area (Å²) in [4.78, 5) is 8.07. The second-order valence-electron chi connectivity index (χ2n) is 3.60. The first-order chi connectivity index (χ1) is 8.40. The normalized spacial score (nSPS) is 10.7. The maximum Gasteiger partial charge on any atom is 0.220 e. The molecule has 2 aromatic rings. The summed E-state index contributed by atoms with van der Waals surface area (Å²) in [5.74, 6) is 0.133. The second kappa shape index (κ2) is 5.10. The van der Waals surface area contributed by atoms with Crippen LogP contribution in [0.5, 0.6) is 0 Å². The summed E-state index contributed by atoms with van der Waals surface area (Å²) in [6.07, 6.45) is 0. The zero-order valence-electron chi connectivity index (χ0n) is 9.14. The fourth-order valence-corrected chi connectivity index (χ4v) is 2.52. The van der Waals surface area contributed by atoms with Crippen LogP contribution < -0.4 is 5.73 Å². The molecule has 18 heavy (non-hydrogen) atoms. The summed E-state index contributed by atoms with van der Waals surface area (Å²) in [7, 11) is 0. The maximum atomic E-state index is 6.13. The Morgan fingerprint density at radius 3 is 2.00 bits per heavy atom. The molecular weight excluding hydrogens is 316 g/mol. The number of aromatic nitrogens is 2. The van der Waals surface area contributed by atoms with Crippen molar-refractivity contribution in [2.24, 2.45) is 0 Å². The third-order valence-corrected chi connectivity index (χ3v) is 3.81. The number of aryl methyl sites for hydroxylation is 1. The first kappa shape index (κ1) is 13.7. The lowest BCUT2D eigenvalue weighted by Gasteiger charge is -2.10. The molecule has 2 N–H and O–H groups in total. The Morgan fingerprint density at radius 2 is 1.50 bits per heavy atom. The van der Waals surface area contributed by atoms with Crippen molar-refractivity contribution in [1.82, 2.24) is 9.97 Å². The molecule has 7 heteroatoms. The van der Waals surface area contributed by atoms with Gasteiger partial charge >= 0.3 is 0 Å². The molecule has 0 radical (unpaired) electrons. The molecule has 1 aromatic carbocycles. The van der Waals surface area contributed by atoms with Crippen molar-refractivity contribution in [3.05, 3.63) is 37.9 Å². The number of benzene rings is 1. The van der Waals surface area contributed by atoms with Gasteiger partial charge in [0, 0.05) is 11.3 Å². The fourth-order valence-electron chi connectivity index (χ4n) is 1.52. The minimum atomic E-state index is 0.133. The summed E-state index contributed by atoms with van der Waals surface area (Å²) in [5, 5.41) is 1.17. The van der Waals surface area contributed by atoms with Crippen LogP contribution in [0.25, 0.3) is 11.3 Å². The van der Waals surface area contributed by atoms with Gasteiger partial charge in [-0.2, -0.15) is 0 Å². The molecule has 0 aliphatic rings. The molecule has 0 unspecified atom stereocenters. The summed E-state index contributed by atoms with van der Waals surface area (Å²) in [5.41, 5.74) is 7.23. The molecule has 0 aliphatic carbocycles. The van der Waals surface area contributed by atoms with E-state index in [-0.39, 0.29) is 16.0 Å². The van der Waals surface area contributed by atoms with E-state index in [9.17, 15) is 0 Å². The van der Waals surface area contributed by atoms with Gasteiger partial charge in [-0.15, -0.1) is 0 Å². The van der Waals surface area contributed by atoms with E-state index < -0.39 is 0 Å². The first-order valence-corrected chi connectivity index (χ1v) is 6.36. The van der Waals surface area contributed by atoms with Gasteiger partial charge < -0.3 is 5.73 Å². The van der Waals surface area contributed by atoms with Crippen molar-refractivity contribution in [2.45, 2.75) is 6.92 Å². The quantitative estimate of drug-likeness (QED) is 0.777. The first-order valence-electron chi connectivity index (χ1n) is 4.84. The van der Waals surface area contributed by atoms with Crippen LogP contribution >= 0.6 is 46.4 Å². The van der Waals surface area contributed by atoms with Gasteiger partial charge in [-0.3, -0.25) is 0 Å². The van der Waals surface area contributed by atoms with Gasteiger partial charge in [-0.05, 0) is 19.1 Å². The molecule has 0 saturated carbocycles. The highest BCUT2D eigenvalue weighted by Gasteiger charge is 2.17. The van der Waals surface area contributed by atoms with Gasteiger partial charge in [0.2, 0.25) is 5.95 Å². The largest absolute Gasteiger partial charge is 0.368 e. The summed E-state index contributed by atoms with van der Waals surface area (Å²) in [6, 6.07) is 3.19. The molecule has 0 bridgehead atoms. The van der Waals surface area contributed by atoms with Crippen LogP contribution in [0.3, 0.4) is 0 Å². The Morgan fingerprint density at radius 1 is 0.944 bits per heavy atom. The van der Waals surface area contributed by atoms with E-state index in [1.165, 1.54) is 6.07 Å². The van der Waals surface area contributed by atoms with Crippen LogP contribution in [-0.4, -0.2) is 9.97 Å². The van der Waals surface area contributed by atoms with E-state index >= 15 is 0 Å². The highest BCUT2D eigenvalue weighted by atomic mass is 35.5. The minimum absolute atomic E-state index is 0.133. The number of rotatable bonds is 1. The molecule has 1 heterocycles. The summed E-state index contributed by atoms with van der Waals surface area (Å²) >= 11 is 24.2. The van der Waals surface area contributed by atoms with Crippen LogP contribution in [-0.2, 0) is 0 Å². The van der Waals surface area contributed by atoms with Crippen molar-refractivity contribution in [3.8, 4) is 11.3 Å². The molecule has 0 atom stereocenters. The second-order valence-corrected chi connectivity index (χ2v) is 5.17. The Labute approximate surface area is 124 Å². The Bertz CT molecular complexity index is 582. The van der Waals surface area contributed by atoms with Gasteiger partial charge in [-0.1, -0.05) is 46.4 Å². The molecule has 0 fully saturated rings. The standard InChI is InChI=1S/C11H7Cl4N3/c1-4-2-7(18-11(16)17-4)8-9(14)5(12)3-6(13)10(8)15/h2-3H,1H3,(H2,16,17,18). The molecule has 3 nitrogen and oxygen atoms in total. The minimum Gasteiger partial charge on any atom is -0.368 e. The third kappa shape index (κ3) is 2.50. The molecular formula is C11H7Cl4N3. The lowest BCUT2D eigenvalue weighted by Crippen LogP contribution is -1.99. The maximum absolute atomic E-state index is 6.13. The van der Waals surface area contributed by atoms with E-state index in [2.05, 4.69) is 9.97 Å². The fraction of sp³-hybridized carbons (Fsp3) is 0.0909. The molecule has 1 aromatic heterocycles. The molecule has 0 saturated heterocycles. The number of nitrogen functional groups attached to an aromatic ring is 1. The van der Waals surface area contributed by atoms with Gasteiger partial charge in [0.25, 0.3) is 0 Å². The van der Waals surface area contributed by atoms with Gasteiger partial charge in [-0.25, -0.2) is 9.97 Å². The number of nitrogens with two attached hydrogens (primary N) is 1. The third-order valence-electron chi connectivity index (χ3n) is 2.24. The van der Waals surface area contributed by atoms with E-state index in [0.29, 0.717) is 27.0 Å². The molecule has 0 spiro atoms. The molecule has 94 valence electrons. The number of halogens is 4. The highest BCUT2D eigenvalue weighted by Crippen LogP contribution is 2.42. The Kier molecular flexibility index (Phi) is 3.87. The number of nitrogens with zero attached hydrogens (tertiary/aromatic N) is 2. The van der Waals surface area contributed by atoms with Crippen molar-refractivity contribution in [2.75, 3.05) is 5.73 Å². The van der Waals surface area contributed by atoms with Crippen LogP contribution in [0.4, 0.5) is 5.95 Å². The zero-order valence-corrected chi connectivity index (χ0v) is 12.2. The number of anilines is 1. The lowest BCUT2D eigenvalue weighted by molar-refractivity contribution is 1.12. The predicted molar refractivity (Wildman–Crippen MR) is 76.7 cm³/mol. The lowest BCUT2D eigenvalue weighted by atomic mass is 10.1. The van der Waals surface area contributed by atoms with E-state index in [1.807, 2.05) is 0 Å². The molecule has 0 amide bonds. The smallest absolute Gasteiger partial charge is 0.220 e. The van der Waals surface area contributed by atoms with Crippen molar-refractivity contribution < 1.29 is 0 Å². The number of hydrogen-bond acceptors (Lipinski definition) is 3. The van der Waals surface area contributed by atoms with Crippen molar-refractivity contribution in [1.29, 1.82) is 0 Å². The SMILES string of the molecule is Cc1cc(-c2c(Cl)c(Cl)cc(Cl)c2Cl)nc(N)n1. The molecule has 0 aliphatic heterocycles.